The van der Waals surface area contributed by atoms with E-state index in [1.807, 2.05) is 20.0 Å². The Balaban J connectivity index is 1.54. The van der Waals surface area contributed by atoms with Crippen LogP contribution in [0.2, 0.25) is 0 Å². The van der Waals surface area contributed by atoms with Crippen molar-refractivity contribution in [2.45, 2.75) is 57.6 Å². The molecule has 0 atom stereocenters. The molecule has 0 aromatic carbocycles. The fourth-order valence-corrected chi connectivity index (χ4v) is 3.78. The highest BCUT2D eigenvalue weighted by atomic mass is 16.5. The minimum absolute atomic E-state index is 0.394. The third-order valence-corrected chi connectivity index (χ3v) is 5.97. The van der Waals surface area contributed by atoms with Crippen molar-refractivity contribution in [2.75, 3.05) is 26.7 Å². The average Bonchev–Trinajstić information content (AvgIpc) is 3.22. The Morgan fingerprint density at radius 3 is 2.59 bits per heavy atom. The molecule has 1 N–H and O–H groups in total. The summed E-state index contributed by atoms with van der Waals surface area (Å²) in [5.41, 5.74) is 1.67. The van der Waals surface area contributed by atoms with Gasteiger partial charge in [0.1, 0.15) is 0 Å². The summed E-state index contributed by atoms with van der Waals surface area (Å²) in [6, 6.07) is 3.50. The molecule has 8 heteroatoms. The van der Waals surface area contributed by atoms with Crippen molar-refractivity contribution in [2.24, 2.45) is 0 Å². The predicted octanol–water partition coefficient (Wildman–Crippen LogP) is 2.24. The smallest absolute Gasteiger partial charge is 0.339 e. The van der Waals surface area contributed by atoms with E-state index in [4.69, 9.17) is 0 Å². The first-order valence-electron chi connectivity index (χ1n) is 10.3. The van der Waals surface area contributed by atoms with Gasteiger partial charge in [-0.3, -0.25) is 4.98 Å². The third kappa shape index (κ3) is 5.39. The van der Waals surface area contributed by atoms with Crippen molar-refractivity contribution in [3.8, 4) is 0 Å². The van der Waals surface area contributed by atoms with Gasteiger partial charge in [-0.2, -0.15) is 0 Å². The van der Waals surface area contributed by atoms with Crippen LogP contribution in [0.25, 0.3) is 0 Å². The minimum atomic E-state index is -0.577. The summed E-state index contributed by atoms with van der Waals surface area (Å²) in [5, 5.41) is 19.2. The van der Waals surface area contributed by atoms with Gasteiger partial charge >= 0.3 is 5.97 Å². The standard InChI is InChI=1S/C21H31N5O3/c1-4-21(28,5-2)15-25-10-8-16(9-11-25)19-14-26(24-23-19)13-18-7-6-17(12-22-18)20(27)29-3/h6-7,12,14,16,28H,4-5,8-11,13,15H2,1-3H3. The number of pyridine rings is 1. The van der Waals surface area contributed by atoms with Gasteiger partial charge in [0.25, 0.3) is 0 Å². The van der Waals surface area contributed by atoms with Gasteiger partial charge in [-0.05, 0) is 50.9 Å². The molecular formula is C21H31N5O3. The molecule has 1 fully saturated rings. The van der Waals surface area contributed by atoms with Crippen LogP contribution in [-0.4, -0.2) is 68.3 Å². The van der Waals surface area contributed by atoms with Crippen molar-refractivity contribution in [1.29, 1.82) is 0 Å². The highest BCUT2D eigenvalue weighted by molar-refractivity contribution is 5.88. The van der Waals surface area contributed by atoms with Gasteiger partial charge < -0.3 is 14.7 Å². The maximum Gasteiger partial charge on any atom is 0.339 e. The monoisotopic (exact) mass is 401 g/mol. The molecule has 3 heterocycles. The molecule has 0 radical (unpaired) electrons. The molecule has 0 saturated carbocycles. The molecule has 0 unspecified atom stereocenters. The summed E-state index contributed by atoms with van der Waals surface area (Å²) < 4.78 is 6.47. The van der Waals surface area contributed by atoms with Crippen molar-refractivity contribution in [3.63, 3.8) is 0 Å². The quantitative estimate of drug-likeness (QED) is 0.678. The number of nitrogens with zero attached hydrogens (tertiary/aromatic N) is 5. The fraction of sp³-hybridized carbons (Fsp3) is 0.619. The van der Waals surface area contributed by atoms with E-state index < -0.39 is 11.6 Å². The van der Waals surface area contributed by atoms with Gasteiger partial charge in [0.15, 0.2) is 0 Å². The first kappa shape index (κ1) is 21.4. The zero-order valence-corrected chi connectivity index (χ0v) is 17.5. The number of aromatic nitrogens is 4. The number of ether oxygens (including phenoxy) is 1. The Bertz CT molecular complexity index is 793. The van der Waals surface area contributed by atoms with Crippen LogP contribution in [0.3, 0.4) is 0 Å². The summed E-state index contributed by atoms with van der Waals surface area (Å²) in [7, 11) is 1.35. The van der Waals surface area contributed by atoms with Gasteiger partial charge in [-0.15, -0.1) is 5.10 Å². The number of hydrogen-bond acceptors (Lipinski definition) is 7. The second-order valence-corrected chi connectivity index (χ2v) is 7.85. The normalized spacial score (nSPS) is 16.1. The lowest BCUT2D eigenvalue weighted by atomic mass is 9.91. The van der Waals surface area contributed by atoms with Crippen LogP contribution >= 0.6 is 0 Å². The van der Waals surface area contributed by atoms with Gasteiger partial charge in [0.2, 0.25) is 0 Å². The van der Waals surface area contributed by atoms with Gasteiger partial charge in [-0.1, -0.05) is 19.1 Å². The number of hydrogen-bond donors (Lipinski definition) is 1. The Morgan fingerprint density at radius 2 is 2.00 bits per heavy atom. The van der Waals surface area contributed by atoms with Crippen molar-refractivity contribution < 1.29 is 14.6 Å². The molecular weight excluding hydrogens is 370 g/mol. The Labute approximate surface area is 171 Å². The lowest BCUT2D eigenvalue weighted by Crippen LogP contribution is -2.45. The zero-order valence-electron chi connectivity index (χ0n) is 17.5. The predicted molar refractivity (Wildman–Crippen MR) is 109 cm³/mol. The van der Waals surface area contributed by atoms with Crippen LogP contribution in [-0.2, 0) is 11.3 Å². The van der Waals surface area contributed by atoms with Crippen molar-refractivity contribution in [3.05, 3.63) is 41.5 Å². The highest BCUT2D eigenvalue weighted by Gasteiger charge is 2.29. The Kier molecular flexibility index (Phi) is 6.97. The molecule has 8 nitrogen and oxygen atoms in total. The molecule has 1 aliphatic rings. The van der Waals surface area contributed by atoms with Crippen molar-refractivity contribution in [1.82, 2.24) is 24.9 Å². The number of likely N-dealkylation sites (tertiary alicyclic amines) is 1. The molecule has 29 heavy (non-hydrogen) atoms. The number of carbonyl (C=O) groups excluding carboxylic acids is 1. The van der Waals surface area contributed by atoms with Crippen LogP contribution in [0.5, 0.6) is 0 Å². The van der Waals surface area contributed by atoms with E-state index in [-0.39, 0.29) is 0 Å². The number of piperidine rings is 1. The molecule has 0 amide bonds. The third-order valence-electron chi connectivity index (χ3n) is 5.97. The maximum atomic E-state index is 11.5. The van der Waals surface area contributed by atoms with Crippen molar-refractivity contribution >= 4 is 5.97 Å². The Hall–Kier alpha value is -2.32. The SMILES string of the molecule is CCC(O)(CC)CN1CCC(c2cn(Cc3ccc(C(=O)OC)cn3)nn2)CC1. The highest BCUT2D eigenvalue weighted by Crippen LogP contribution is 2.28. The second-order valence-electron chi connectivity index (χ2n) is 7.85. The Morgan fingerprint density at radius 1 is 1.28 bits per heavy atom. The van der Waals surface area contributed by atoms with Crippen LogP contribution in [0.1, 0.15) is 67.2 Å². The average molecular weight is 402 g/mol. The maximum absolute atomic E-state index is 11.5. The first-order valence-corrected chi connectivity index (χ1v) is 10.3. The van der Waals surface area contributed by atoms with Gasteiger partial charge in [0.05, 0.1) is 36.2 Å². The molecule has 1 aliphatic heterocycles. The number of β-amino-alcohol motifs (C(OH)–C–C–N with tert-alkyl or cyclic N) is 1. The minimum Gasteiger partial charge on any atom is -0.465 e. The molecule has 0 spiro atoms. The second kappa shape index (κ2) is 9.45. The van der Waals surface area contributed by atoms with Gasteiger partial charge in [0, 0.05) is 24.9 Å². The molecule has 2 aromatic rings. The van der Waals surface area contributed by atoms with E-state index in [1.54, 1.807) is 16.8 Å². The number of rotatable bonds is 8. The molecule has 1 saturated heterocycles. The molecule has 0 bridgehead atoms. The van der Waals surface area contributed by atoms with Crippen LogP contribution < -0.4 is 0 Å². The van der Waals surface area contributed by atoms with Crippen LogP contribution in [0.15, 0.2) is 24.5 Å². The molecule has 3 rings (SSSR count). The summed E-state index contributed by atoms with van der Waals surface area (Å²) in [6.07, 6.45) is 7.12. The number of aliphatic hydroxyl groups is 1. The van der Waals surface area contributed by atoms with E-state index in [0.29, 0.717) is 18.0 Å². The number of methoxy groups -OCH3 is 1. The fourth-order valence-electron chi connectivity index (χ4n) is 3.78. The van der Waals surface area contributed by atoms with E-state index in [9.17, 15) is 9.90 Å². The van der Waals surface area contributed by atoms with E-state index in [1.165, 1.54) is 13.3 Å². The summed E-state index contributed by atoms with van der Waals surface area (Å²) in [6.45, 7) is 7.28. The molecule has 158 valence electrons. The lowest BCUT2D eigenvalue weighted by molar-refractivity contribution is -0.00914. The molecule has 0 aliphatic carbocycles. The number of carbonyl (C=O) groups is 1. The van der Waals surface area contributed by atoms with Crippen LogP contribution in [0.4, 0.5) is 0 Å². The van der Waals surface area contributed by atoms with Gasteiger partial charge in [-0.25, -0.2) is 9.48 Å². The number of esters is 1. The lowest BCUT2D eigenvalue weighted by Gasteiger charge is -2.37. The van der Waals surface area contributed by atoms with E-state index in [0.717, 1.165) is 56.7 Å². The van der Waals surface area contributed by atoms with E-state index in [2.05, 4.69) is 24.9 Å². The first-order chi connectivity index (χ1) is 14.0. The molecule has 2 aromatic heterocycles. The van der Waals surface area contributed by atoms with Crippen LogP contribution in [0, 0.1) is 0 Å². The zero-order chi connectivity index (χ0) is 20.9. The van der Waals surface area contributed by atoms with E-state index >= 15 is 0 Å². The summed E-state index contributed by atoms with van der Waals surface area (Å²) >= 11 is 0. The topological polar surface area (TPSA) is 93.4 Å². The summed E-state index contributed by atoms with van der Waals surface area (Å²) in [5.74, 6) is 0.000697. The summed E-state index contributed by atoms with van der Waals surface area (Å²) in [4.78, 5) is 18.2. The largest absolute Gasteiger partial charge is 0.465 e.